The smallest absolute Gasteiger partial charge is 0.274 e. The maximum Gasteiger partial charge on any atom is 0.697 e. The number of hydrogen-bond donors (Lipinski definition) is 0. The quantitative estimate of drug-likeness (QED) is 0.538. The maximum atomic E-state index is 10.3. The number of hydrogen-bond acceptors (Lipinski definition) is 6. The van der Waals surface area contributed by atoms with Crippen molar-refractivity contribution in [3.63, 3.8) is 0 Å². The summed E-state index contributed by atoms with van der Waals surface area (Å²) in [4.78, 5) is 0. The molecule has 0 aliphatic rings. The lowest BCUT2D eigenvalue weighted by atomic mass is 10.9. The monoisotopic (exact) mass is 247 g/mol. The Hall–Kier alpha value is -0.0700. The second kappa shape index (κ2) is 9.48. The van der Waals surface area contributed by atoms with Gasteiger partial charge in [-0.15, -0.1) is 9.05 Å². The summed E-state index contributed by atoms with van der Waals surface area (Å²) in [5.41, 5.74) is 0. The van der Waals surface area contributed by atoms with Crippen LogP contribution < -0.4 is 0 Å². The van der Waals surface area contributed by atoms with Crippen LogP contribution in [0.1, 0.15) is 13.8 Å². The predicted octanol–water partition coefficient (Wildman–Crippen LogP) is 1.31. The zero-order valence-corrected chi connectivity index (χ0v) is 10.4. The van der Waals surface area contributed by atoms with Gasteiger partial charge in [0, 0.05) is 4.57 Å². The molecule has 0 spiro atoms. The van der Waals surface area contributed by atoms with E-state index in [2.05, 4.69) is 13.2 Å². The van der Waals surface area contributed by atoms with Crippen LogP contribution in [0.5, 0.6) is 0 Å². The van der Waals surface area contributed by atoms with Crippen LogP contribution in [0.15, 0.2) is 0 Å². The van der Waals surface area contributed by atoms with Crippen LogP contribution >= 0.6 is 8.25 Å². The fourth-order valence-electron chi connectivity index (χ4n) is 0.248. The van der Waals surface area contributed by atoms with Gasteiger partial charge in [-0.25, -0.2) is 0 Å². The molecule has 0 saturated carbocycles. The first-order chi connectivity index (χ1) is 6.37. The highest BCUT2D eigenvalue weighted by Crippen LogP contribution is 2.21. The van der Waals surface area contributed by atoms with Crippen LogP contribution in [-0.2, 0) is 27.9 Å². The van der Waals surface area contributed by atoms with Gasteiger partial charge in [-0.05, 0) is 13.8 Å². The van der Waals surface area contributed by atoms with Crippen molar-refractivity contribution in [3.05, 3.63) is 0 Å². The average Bonchev–Trinajstić information content (AvgIpc) is 2.05. The normalized spacial score (nSPS) is 10.3. The third-order valence-electron chi connectivity index (χ3n) is 0.772. The highest BCUT2D eigenvalue weighted by Gasteiger charge is 2.15. The SMILES string of the molecule is CCO[P+](=O)OCC.COS(C)(=O)=O. The Morgan fingerprint density at radius 2 is 1.43 bits per heavy atom. The summed E-state index contributed by atoms with van der Waals surface area (Å²) >= 11 is 0. The van der Waals surface area contributed by atoms with Gasteiger partial charge >= 0.3 is 8.25 Å². The van der Waals surface area contributed by atoms with E-state index in [1.54, 1.807) is 13.8 Å². The summed E-state index contributed by atoms with van der Waals surface area (Å²) in [6, 6.07) is 0. The van der Waals surface area contributed by atoms with Crippen LogP contribution in [-0.4, -0.2) is 35.0 Å². The molecule has 0 aliphatic heterocycles. The summed E-state index contributed by atoms with van der Waals surface area (Å²) in [5.74, 6) is 0. The van der Waals surface area contributed by atoms with Crippen LogP contribution in [0, 0.1) is 0 Å². The van der Waals surface area contributed by atoms with E-state index < -0.39 is 18.4 Å². The minimum absolute atomic E-state index is 0.440. The molecule has 0 unspecified atom stereocenters. The summed E-state index contributed by atoms with van der Waals surface area (Å²) in [6.45, 7) is 4.42. The Morgan fingerprint density at radius 1 is 1.14 bits per heavy atom. The largest absolute Gasteiger partial charge is 0.697 e. The van der Waals surface area contributed by atoms with Gasteiger partial charge < -0.3 is 0 Å². The molecule has 0 bridgehead atoms. The Bertz CT molecular complexity index is 229. The molecule has 14 heavy (non-hydrogen) atoms. The van der Waals surface area contributed by atoms with Crippen molar-refractivity contribution in [2.75, 3.05) is 26.6 Å². The van der Waals surface area contributed by atoms with Crippen LogP contribution in [0.3, 0.4) is 0 Å². The van der Waals surface area contributed by atoms with E-state index in [1.165, 1.54) is 0 Å². The molecule has 0 N–H and O–H groups in total. The summed E-state index contributed by atoms with van der Waals surface area (Å²) < 4.78 is 43.0. The molecule has 0 radical (unpaired) electrons. The predicted molar refractivity (Wildman–Crippen MR) is 52.7 cm³/mol. The van der Waals surface area contributed by atoms with Gasteiger partial charge in [-0.3, -0.25) is 4.18 Å². The molecule has 0 rings (SSSR count). The molecular weight excluding hydrogens is 231 g/mol. The third kappa shape index (κ3) is 17.9. The molecule has 0 aliphatic carbocycles. The Kier molecular flexibility index (Phi) is 11.1. The maximum absolute atomic E-state index is 10.3. The second-order valence-electron chi connectivity index (χ2n) is 1.93. The van der Waals surface area contributed by atoms with E-state index in [0.29, 0.717) is 13.2 Å². The van der Waals surface area contributed by atoms with Gasteiger partial charge in [0.1, 0.15) is 13.2 Å². The van der Waals surface area contributed by atoms with Crippen molar-refractivity contribution in [1.29, 1.82) is 0 Å². The molecule has 8 heteroatoms. The van der Waals surface area contributed by atoms with Crippen molar-refractivity contribution in [2.45, 2.75) is 13.8 Å². The van der Waals surface area contributed by atoms with E-state index in [-0.39, 0.29) is 0 Å². The third-order valence-corrected chi connectivity index (χ3v) is 2.32. The Labute approximate surface area is 85.6 Å². The zero-order chi connectivity index (χ0) is 11.6. The van der Waals surface area contributed by atoms with E-state index in [1.807, 2.05) is 0 Å². The van der Waals surface area contributed by atoms with Crippen LogP contribution in [0.2, 0.25) is 0 Å². The fourth-order valence-corrected chi connectivity index (χ4v) is 0.744. The van der Waals surface area contributed by atoms with E-state index >= 15 is 0 Å². The molecular formula is C6H16O6PS+. The summed E-state index contributed by atoms with van der Waals surface area (Å²) in [6.07, 6.45) is 0.993. The first-order valence-corrected chi connectivity index (χ1v) is 6.77. The zero-order valence-electron chi connectivity index (χ0n) is 8.72. The Balaban J connectivity index is 0. The van der Waals surface area contributed by atoms with Crippen molar-refractivity contribution in [1.82, 2.24) is 0 Å². The van der Waals surface area contributed by atoms with Crippen LogP contribution in [0.25, 0.3) is 0 Å². The van der Waals surface area contributed by atoms with Gasteiger partial charge in [-0.1, -0.05) is 0 Å². The Morgan fingerprint density at radius 3 is 1.57 bits per heavy atom. The molecule has 86 valence electrons. The molecule has 0 amide bonds. The van der Waals surface area contributed by atoms with Gasteiger partial charge in [-0.2, -0.15) is 8.42 Å². The van der Waals surface area contributed by atoms with E-state index in [0.717, 1.165) is 13.4 Å². The molecule has 0 aromatic carbocycles. The lowest BCUT2D eigenvalue weighted by Crippen LogP contribution is -1.95. The van der Waals surface area contributed by atoms with Gasteiger partial charge in [0.25, 0.3) is 10.1 Å². The molecule has 0 aromatic rings. The van der Waals surface area contributed by atoms with Crippen molar-refractivity contribution in [2.24, 2.45) is 0 Å². The highest BCUT2D eigenvalue weighted by molar-refractivity contribution is 7.85. The van der Waals surface area contributed by atoms with Gasteiger partial charge in [0.15, 0.2) is 0 Å². The standard InChI is InChI=1S/C4H10O3P.C2H6O3S/c1-3-6-8(5)7-4-2;1-5-6(2,3)4/h3-4H2,1-2H3;1-2H3/q+1;. The average molecular weight is 247 g/mol. The highest BCUT2D eigenvalue weighted by atomic mass is 32.2. The minimum Gasteiger partial charge on any atom is -0.274 e. The van der Waals surface area contributed by atoms with E-state index in [9.17, 15) is 13.0 Å². The number of rotatable bonds is 5. The van der Waals surface area contributed by atoms with E-state index in [4.69, 9.17) is 0 Å². The minimum atomic E-state index is -3.16. The lowest BCUT2D eigenvalue weighted by molar-refractivity contribution is 0.243. The first kappa shape index (κ1) is 16.4. The summed E-state index contributed by atoms with van der Waals surface area (Å²) in [5, 5.41) is 0. The summed E-state index contributed by atoms with van der Waals surface area (Å²) in [7, 11) is -3.87. The molecule has 6 nitrogen and oxygen atoms in total. The fraction of sp³-hybridized carbons (Fsp3) is 1.00. The topological polar surface area (TPSA) is 78.9 Å². The molecule has 0 fully saturated rings. The van der Waals surface area contributed by atoms with Gasteiger partial charge in [0.2, 0.25) is 0 Å². The molecule has 0 atom stereocenters. The van der Waals surface area contributed by atoms with Crippen molar-refractivity contribution in [3.8, 4) is 0 Å². The molecule has 0 aromatic heterocycles. The van der Waals surface area contributed by atoms with Crippen LogP contribution in [0.4, 0.5) is 0 Å². The second-order valence-corrected chi connectivity index (χ2v) is 4.64. The van der Waals surface area contributed by atoms with Gasteiger partial charge in [0.05, 0.1) is 13.4 Å². The van der Waals surface area contributed by atoms with Crippen molar-refractivity contribution < 1.29 is 26.2 Å². The first-order valence-electron chi connectivity index (χ1n) is 3.86. The lowest BCUT2D eigenvalue weighted by Gasteiger charge is -1.84. The molecule has 0 heterocycles. The molecule has 0 saturated heterocycles. The van der Waals surface area contributed by atoms with Crippen molar-refractivity contribution >= 4 is 18.4 Å².